The number of para-hydroxylation sites is 2. The minimum Gasteiger partial charge on any atom is -0.359 e. The molecule has 8 aromatic rings. The molecule has 0 bridgehead atoms. The van der Waals surface area contributed by atoms with Gasteiger partial charge in [-0.1, -0.05) is 152 Å². The van der Waals surface area contributed by atoms with Gasteiger partial charge in [-0.3, -0.25) is 0 Å². The third-order valence-electron chi connectivity index (χ3n) is 10.5. The SMILES string of the molecule is c1ccc(C2=NC(c3cc(-c4ccc(N5c6ccccc6NC5c5ccccc5)cc4)cc(-c4ccc5ccccc5c4)c3)=NC(c3ccccc3)N2)cc1. The average molecular weight is 708 g/mol. The molecule has 0 fully saturated rings. The van der Waals surface area contributed by atoms with Crippen LogP contribution in [-0.4, -0.2) is 11.7 Å². The third kappa shape index (κ3) is 6.32. The molecule has 0 aliphatic carbocycles. The van der Waals surface area contributed by atoms with Gasteiger partial charge in [0.15, 0.2) is 5.84 Å². The number of fused-ring (bicyclic) bond motifs is 2. The van der Waals surface area contributed by atoms with Crippen LogP contribution in [0.2, 0.25) is 0 Å². The van der Waals surface area contributed by atoms with Crippen molar-refractivity contribution in [1.82, 2.24) is 5.32 Å². The zero-order valence-electron chi connectivity index (χ0n) is 30.0. The van der Waals surface area contributed by atoms with Gasteiger partial charge in [-0.25, -0.2) is 9.98 Å². The van der Waals surface area contributed by atoms with Gasteiger partial charge >= 0.3 is 0 Å². The van der Waals surface area contributed by atoms with Crippen molar-refractivity contribution in [2.75, 3.05) is 10.2 Å². The first-order valence-corrected chi connectivity index (χ1v) is 18.7. The first kappa shape index (κ1) is 32.4. The van der Waals surface area contributed by atoms with Gasteiger partial charge in [0.05, 0.1) is 11.4 Å². The van der Waals surface area contributed by atoms with E-state index in [1.807, 2.05) is 24.3 Å². The van der Waals surface area contributed by atoms with Crippen LogP contribution in [0.3, 0.4) is 0 Å². The van der Waals surface area contributed by atoms with Crippen LogP contribution in [0.5, 0.6) is 0 Å². The molecule has 262 valence electrons. The van der Waals surface area contributed by atoms with E-state index in [1.165, 1.54) is 16.3 Å². The Morgan fingerprint density at radius 3 is 1.78 bits per heavy atom. The van der Waals surface area contributed by atoms with Gasteiger partial charge in [-0.15, -0.1) is 0 Å². The highest BCUT2D eigenvalue weighted by atomic mass is 15.3. The summed E-state index contributed by atoms with van der Waals surface area (Å²) in [5.41, 5.74) is 12.1. The second-order valence-electron chi connectivity index (χ2n) is 14.0. The van der Waals surface area contributed by atoms with Crippen molar-refractivity contribution in [3.63, 3.8) is 0 Å². The smallest absolute Gasteiger partial charge is 0.159 e. The molecule has 2 aliphatic rings. The molecule has 5 nitrogen and oxygen atoms in total. The monoisotopic (exact) mass is 707 g/mol. The van der Waals surface area contributed by atoms with Gasteiger partial charge in [0.2, 0.25) is 0 Å². The highest BCUT2D eigenvalue weighted by molar-refractivity contribution is 6.13. The molecule has 10 rings (SSSR count). The molecule has 2 heterocycles. The van der Waals surface area contributed by atoms with Crippen molar-refractivity contribution in [2.45, 2.75) is 12.3 Å². The van der Waals surface area contributed by atoms with Crippen molar-refractivity contribution in [2.24, 2.45) is 9.98 Å². The normalized spacial score (nSPS) is 16.1. The predicted molar refractivity (Wildman–Crippen MR) is 228 cm³/mol. The van der Waals surface area contributed by atoms with E-state index >= 15 is 0 Å². The predicted octanol–water partition coefficient (Wildman–Crippen LogP) is 11.9. The maximum Gasteiger partial charge on any atom is 0.159 e. The number of nitrogens with zero attached hydrogens (tertiary/aromatic N) is 3. The number of benzene rings is 8. The Labute approximate surface area is 321 Å². The van der Waals surface area contributed by atoms with Crippen LogP contribution >= 0.6 is 0 Å². The lowest BCUT2D eigenvalue weighted by Gasteiger charge is -2.27. The summed E-state index contributed by atoms with van der Waals surface area (Å²) in [5, 5.41) is 9.78. The fraction of sp³-hybridized carbons (Fsp3) is 0.0400. The standard InChI is InChI=1S/C50H37N5/c1-4-15-36(16-5-1)47-52-48(37-17-6-2-7-18-37)54-49(53-47)43-32-41(31-42(33-43)40-25-24-34-14-10-11-21-39(34)30-40)35-26-28-44(29-27-35)55-46-23-13-12-22-45(46)51-50(55)38-19-8-3-9-20-38/h1-33,47,50-51H,(H,52,53,54). The molecule has 0 spiro atoms. The summed E-state index contributed by atoms with van der Waals surface area (Å²) >= 11 is 0. The zero-order valence-corrected chi connectivity index (χ0v) is 30.0. The van der Waals surface area contributed by atoms with Gasteiger partial charge in [0.1, 0.15) is 18.2 Å². The number of aliphatic imine (C=N–C) groups is 2. The minimum absolute atomic E-state index is 0.0144. The molecule has 0 saturated heterocycles. The summed E-state index contributed by atoms with van der Waals surface area (Å²) in [4.78, 5) is 12.8. The molecule has 5 heteroatoms. The lowest BCUT2D eigenvalue weighted by molar-refractivity contribution is 0.674. The Morgan fingerprint density at radius 1 is 0.418 bits per heavy atom. The first-order valence-electron chi connectivity index (χ1n) is 18.7. The fourth-order valence-corrected chi connectivity index (χ4v) is 7.71. The van der Waals surface area contributed by atoms with Crippen LogP contribution < -0.4 is 15.5 Å². The summed E-state index contributed by atoms with van der Waals surface area (Å²) in [7, 11) is 0. The first-order chi connectivity index (χ1) is 27.2. The highest BCUT2D eigenvalue weighted by Gasteiger charge is 2.31. The van der Waals surface area contributed by atoms with E-state index in [4.69, 9.17) is 9.98 Å². The molecule has 0 amide bonds. The Kier molecular flexibility index (Phi) is 8.23. The number of hydrogen-bond donors (Lipinski definition) is 2. The van der Waals surface area contributed by atoms with Crippen LogP contribution in [-0.2, 0) is 0 Å². The number of nitrogens with one attached hydrogen (secondary N) is 2. The molecule has 2 aliphatic heterocycles. The Balaban J connectivity index is 1.10. The van der Waals surface area contributed by atoms with E-state index < -0.39 is 0 Å². The quantitative estimate of drug-likeness (QED) is 0.173. The Hall–Kier alpha value is -7.24. The minimum atomic E-state index is -0.287. The van der Waals surface area contributed by atoms with Crippen molar-refractivity contribution >= 4 is 39.5 Å². The van der Waals surface area contributed by atoms with Gasteiger partial charge in [-0.05, 0) is 92.7 Å². The van der Waals surface area contributed by atoms with Crippen LogP contribution in [0.4, 0.5) is 17.1 Å². The molecule has 8 aromatic carbocycles. The van der Waals surface area contributed by atoms with Crippen molar-refractivity contribution in [1.29, 1.82) is 0 Å². The van der Waals surface area contributed by atoms with E-state index in [2.05, 4.69) is 191 Å². The second-order valence-corrected chi connectivity index (χ2v) is 14.0. The van der Waals surface area contributed by atoms with E-state index in [0.717, 1.165) is 61.8 Å². The summed E-state index contributed by atoms with van der Waals surface area (Å²) in [6.07, 6.45) is -0.301. The molecule has 2 unspecified atom stereocenters. The third-order valence-corrected chi connectivity index (χ3v) is 10.5. The highest BCUT2D eigenvalue weighted by Crippen LogP contribution is 2.46. The number of hydrogen-bond acceptors (Lipinski definition) is 5. The number of anilines is 3. The van der Waals surface area contributed by atoms with Gasteiger partial charge in [-0.2, -0.15) is 0 Å². The van der Waals surface area contributed by atoms with Gasteiger partial charge in [0, 0.05) is 16.8 Å². The van der Waals surface area contributed by atoms with Crippen molar-refractivity contribution < 1.29 is 0 Å². The summed E-state index contributed by atoms with van der Waals surface area (Å²) in [6, 6.07) is 70.7. The molecule has 0 saturated carbocycles. The van der Waals surface area contributed by atoms with Crippen molar-refractivity contribution in [3.05, 3.63) is 222 Å². The second kappa shape index (κ2) is 14.0. The van der Waals surface area contributed by atoms with Crippen LogP contribution in [0.1, 0.15) is 34.6 Å². The summed E-state index contributed by atoms with van der Waals surface area (Å²) < 4.78 is 0. The molecular weight excluding hydrogens is 671 g/mol. The van der Waals surface area contributed by atoms with E-state index in [9.17, 15) is 0 Å². The number of rotatable bonds is 7. The van der Waals surface area contributed by atoms with E-state index in [1.54, 1.807) is 0 Å². The van der Waals surface area contributed by atoms with Crippen LogP contribution in [0.25, 0.3) is 33.0 Å². The van der Waals surface area contributed by atoms with Crippen LogP contribution in [0.15, 0.2) is 210 Å². The Bertz CT molecular complexity index is 2700. The average Bonchev–Trinajstić information content (AvgIpc) is 3.67. The van der Waals surface area contributed by atoms with Gasteiger partial charge < -0.3 is 15.5 Å². The zero-order chi connectivity index (χ0) is 36.6. The lowest BCUT2D eigenvalue weighted by atomic mass is 9.94. The lowest BCUT2D eigenvalue weighted by Crippen LogP contribution is -2.33. The number of amidine groups is 2. The molecular formula is C50H37N5. The van der Waals surface area contributed by atoms with E-state index in [0.29, 0.717) is 5.84 Å². The summed E-state index contributed by atoms with van der Waals surface area (Å²) in [5.74, 6) is 1.49. The van der Waals surface area contributed by atoms with Crippen molar-refractivity contribution in [3.8, 4) is 22.3 Å². The molecule has 2 N–H and O–H groups in total. The topological polar surface area (TPSA) is 52.0 Å². The summed E-state index contributed by atoms with van der Waals surface area (Å²) in [6.45, 7) is 0. The molecule has 0 aromatic heterocycles. The van der Waals surface area contributed by atoms with Crippen LogP contribution in [0, 0.1) is 0 Å². The molecule has 55 heavy (non-hydrogen) atoms. The largest absolute Gasteiger partial charge is 0.359 e. The Morgan fingerprint density at radius 2 is 1.02 bits per heavy atom. The molecule has 2 atom stereocenters. The molecule has 0 radical (unpaired) electrons. The maximum absolute atomic E-state index is 5.25. The van der Waals surface area contributed by atoms with E-state index in [-0.39, 0.29) is 12.3 Å². The van der Waals surface area contributed by atoms with Gasteiger partial charge in [0.25, 0.3) is 0 Å². The fourth-order valence-electron chi connectivity index (χ4n) is 7.71. The maximum atomic E-state index is 5.25.